The lowest BCUT2D eigenvalue weighted by molar-refractivity contribution is 0.547. The molecule has 2 heteroatoms. The van der Waals surface area contributed by atoms with Crippen molar-refractivity contribution in [1.82, 2.24) is 4.57 Å². The number of aromatic nitrogens is 1. The molecule has 0 amide bonds. The Kier molecular flexibility index (Phi) is 1.39. The van der Waals surface area contributed by atoms with Gasteiger partial charge in [-0.15, -0.1) is 0 Å². The SMILES string of the molecule is O=Cn1ccc2c1C=CCC2. The van der Waals surface area contributed by atoms with Gasteiger partial charge < -0.3 is 0 Å². The van der Waals surface area contributed by atoms with E-state index < -0.39 is 0 Å². The third-order valence-electron chi connectivity index (χ3n) is 2.01. The molecule has 11 heavy (non-hydrogen) atoms. The second-order valence-electron chi connectivity index (χ2n) is 2.68. The third-order valence-corrected chi connectivity index (χ3v) is 2.01. The smallest absolute Gasteiger partial charge is 0.218 e. The number of carbonyl (C=O) groups is 1. The summed E-state index contributed by atoms with van der Waals surface area (Å²) < 4.78 is 1.62. The maximum atomic E-state index is 10.5. The van der Waals surface area contributed by atoms with Gasteiger partial charge in [-0.25, -0.2) is 0 Å². The van der Waals surface area contributed by atoms with Gasteiger partial charge >= 0.3 is 0 Å². The lowest BCUT2D eigenvalue weighted by Gasteiger charge is -2.05. The number of allylic oxidation sites excluding steroid dienone is 1. The minimum absolute atomic E-state index is 0.842. The predicted octanol–water partition coefficient (Wildman–Crippen LogP) is 1.49. The molecule has 1 aromatic heterocycles. The lowest BCUT2D eigenvalue weighted by atomic mass is 10.1. The van der Waals surface area contributed by atoms with Crippen molar-refractivity contribution in [2.45, 2.75) is 12.8 Å². The van der Waals surface area contributed by atoms with Crippen LogP contribution in [-0.4, -0.2) is 11.0 Å². The van der Waals surface area contributed by atoms with Crippen LogP contribution in [0.2, 0.25) is 0 Å². The van der Waals surface area contributed by atoms with Crippen molar-refractivity contribution in [3.05, 3.63) is 29.6 Å². The van der Waals surface area contributed by atoms with E-state index in [1.807, 2.05) is 18.3 Å². The van der Waals surface area contributed by atoms with Crippen LogP contribution in [0.5, 0.6) is 0 Å². The number of fused-ring (bicyclic) bond motifs is 1. The van der Waals surface area contributed by atoms with Crippen LogP contribution >= 0.6 is 0 Å². The average Bonchev–Trinajstić information content (AvgIpc) is 2.47. The Bertz CT molecular complexity index is 309. The van der Waals surface area contributed by atoms with Crippen LogP contribution in [0.25, 0.3) is 6.08 Å². The van der Waals surface area contributed by atoms with Crippen LogP contribution in [0, 0.1) is 0 Å². The van der Waals surface area contributed by atoms with E-state index in [1.165, 1.54) is 5.56 Å². The van der Waals surface area contributed by atoms with E-state index in [4.69, 9.17) is 0 Å². The summed E-state index contributed by atoms with van der Waals surface area (Å²) in [6.45, 7) is 0. The van der Waals surface area contributed by atoms with Crippen LogP contribution in [0.1, 0.15) is 17.7 Å². The second kappa shape index (κ2) is 2.38. The highest BCUT2D eigenvalue weighted by atomic mass is 16.1. The summed E-state index contributed by atoms with van der Waals surface area (Å²) in [4.78, 5) is 10.5. The topological polar surface area (TPSA) is 22.0 Å². The van der Waals surface area contributed by atoms with E-state index in [0.29, 0.717) is 0 Å². The summed E-state index contributed by atoms with van der Waals surface area (Å²) in [6, 6.07) is 2.01. The molecule has 0 aromatic carbocycles. The van der Waals surface area contributed by atoms with E-state index in [0.717, 1.165) is 24.9 Å². The van der Waals surface area contributed by atoms with Crippen LogP contribution in [0.3, 0.4) is 0 Å². The van der Waals surface area contributed by atoms with E-state index in [2.05, 4.69) is 6.08 Å². The van der Waals surface area contributed by atoms with Crippen molar-refractivity contribution in [2.75, 3.05) is 0 Å². The number of hydrogen-bond donors (Lipinski definition) is 0. The highest BCUT2D eigenvalue weighted by Crippen LogP contribution is 2.18. The van der Waals surface area contributed by atoms with Gasteiger partial charge in [-0.1, -0.05) is 6.08 Å². The summed E-state index contributed by atoms with van der Waals surface area (Å²) >= 11 is 0. The lowest BCUT2D eigenvalue weighted by Crippen LogP contribution is -1.99. The molecule has 0 N–H and O–H groups in total. The van der Waals surface area contributed by atoms with E-state index >= 15 is 0 Å². The van der Waals surface area contributed by atoms with E-state index in [1.54, 1.807) is 4.57 Å². The normalized spacial score (nSPS) is 14.5. The zero-order valence-electron chi connectivity index (χ0n) is 6.16. The zero-order valence-corrected chi connectivity index (χ0v) is 6.16. The molecule has 1 aliphatic rings. The molecule has 0 fully saturated rings. The first-order valence-corrected chi connectivity index (χ1v) is 3.73. The monoisotopic (exact) mass is 147 g/mol. The van der Waals surface area contributed by atoms with Gasteiger partial charge in [0.25, 0.3) is 0 Å². The van der Waals surface area contributed by atoms with E-state index in [9.17, 15) is 4.79 Å². The molecule has 2 rings (SSSR count). The summed E-state index contributed by atoms with van der Waals surface area (Å²) in [5, 5.41) is 0. The Morgan fingerprint density at radius 2 is 2.45 bits per heavy atom. The fourth-order valence-corrected chi connectivity index (χ4v) is 1.43. The predicted molar refractivity (Wildman–Crippen MR) is 43.9 cm³/mol. The van der Waals surface area contributed by atoms with Crippen molar-refractivity contribution in [3.8, 4) is 0 Å². The fraction of sp³-hybridized carbons (Fsp3) is 0.222. The molecule has 56 valence electrons. The Labute approximate surface area is 65.1 Å². The van der Waals surface area contributed by atoms with Crippen molar-refractivity contribution in [3.63, 3.8) is 0 Å². The van der Waals surface area contributed by atoms with Crippen LogP contribution in [0.15, 0.2) is 18.3 Å². The molecule has 1 aliphatic carbocycles. The van der Waals surface area contributed by atoms with Crippen molar-refractivity contribution >= 4 is 12.5 Å². The van der Waals surface area contributed by atoms with E-state index in [-0.39, 0.29) is 0 Å². The molecule has 0 saturated heterocycles. The van der Waals surface area contributed by atoms with Crippen molar-refractivity contribution in [2.24, 2.45) is 0 Å². The average molecular weight is 147 g/mol. The van der Waals surface area contributed by atoms with Gasteiger partial charge in [0.05, 0.1) is 5.69 Å². The maximum Gasteiger partial charge on any atom is 0.218 e. The van der Waals surface area contributed by atoms with Crippen LogP contribution in [0.4, 0.5) is 0 Å². The summed E-state index contributed by atoms with van der Waals surface area (Å²) in [5.74, 6) is 0. The third kappa shape index (κ3) is 0.909. The fourth-order valence-electron chi connectivity index (χ4n) is 1.43. The first kappa shape index (κ1) is 6.40. The van der Waals surface area contributed by atoms with Crippen LogP contribution < -0.4 is 0 Å². The van der Waals surface area contributed by atoms with Crippen molar-refractivity contribution < 1.29 is 4.79 Å². The van der Waals surface area contributed by atoms with Gasteiger partial charge in [0, 0.05) is 6.20 Å². The standard InChI is InChI=1S/C9H9NO/c11-7-10-6-5-8-3-1-2-4-9(8)10/h2,4-7H,1,3H2. The Balaban J connectivity index is 2.56. The molecule has 0 spiro atoms. The molecule has 0 aliphatic heterocycles. The minimum Gasteiger partial charge on any atom is -0.290 e. The largest absolute Gasteiger partial charge is 0.290 e. The molecule has 0 saturated carbocycles. The van der Waals surface area contributed by atoms with Gasteiger partial charge in [0.15, 0.2) is 0 Å². The number of aryl methyl sites for hydroxylation is 1. The molecular weight excluding hydrogens is 138 g/mol. The summed E-state index contributed by atoms with van der Waals surface area (Å²) in [5.41, 5.74) is 2.32. The quantitative estimate of drug-likeness (QED) is 0.551. The van der Waals surface area contributed by atoms with Gasteiger partial charge in [-0.2, -0.15) is 0 Å². The maximum absolute atomic E-state index is 10.5. The number of hydrogen-bond acceptors (Lipinski definition) is 1. The number of nitrogens with zero attached hydrogens (tertiary/aromatic N) is 1. The molecular formula is C9H9NO. The molecule has 1 aromatic rings. The molecule has 0 radical (unpaired) electrons. The number of rotatable bonds is 1. The molecule has 0 atom stereocenters. The molecule has 2 nitrogen and oxygen atoms in total. The summed E-state index contributed by atoms with van der Waals surface area (Å²) in [7, 11) is 0. The first-order valence-electron chi connectivity index (χ1n) is 3.73. The second-order valence-corrected chi connectivity index (χ2v) is 2.68. The highest BCUT2D eigenvalue weighted by molar-refractivity contribution is 5.64. The molecule has 0 bridgehead atoms. The van der Waals surface area contributed by atoms with Gasteiger partial charge in [0.1, 0.15) is 0 Å². The van der Waals surface area contributed by atoms with Crippen LogP contribution in [-0.2, 0) is 11.2 Å². The molecule has 0 unspecified atom stereocenters. The Morgan fingerprint density at radius 3 is 3.27 bits per heavy atom. The number of carbonyl (C=O) groups excluding carboxylic acids is 1. The highest BCUT2D eigenvalue weighted by Gasteiger charge is 2.07. The minimum atomic E-state index is 0.842. The van der Waals surface area contributed by atoms with Gasteiger partial charge in [0.2, 0.25) is 6.41 Å². The van der Waals surface area contributed by atoms with Gasteiger partial charge in [-0.3, -0.25) is 9.36 Å². The van der Waals surface area contributed by atoms with Gasteiger partial charge in [-0.05, 0) is 30.5 Å². The zero-order chi connectivity index (χ0) is 7.68. The Morgan fingerprint density at radius 1 is 1.55 bits per heavy atom. The molecule has 1 heterocycles. The first-order chi connectivity index (χ1) is 5.42. The van der Waals surface area contributed by atoms with Crippen molar-refractivity contribution in [1.29, 1.82) is 0 Å². The summed E-state index contributed by atoms with van der Waals surface area (Å²) in [6.07, 6.45) is 8.92. The Hall–Kier alpha value is -1.31.